The quantitative estimate of drug-likeness (QED) is 0.699. The lowest BCUT2D eigenvalue weighted by Crippen LogP contribution is -2.24. The number of methoxy groups -OCH3 is 1. The molecule has 5 nitrogen and oxygen atoms in total. The van der Waals surface area contributed by atoms with E-state index in [0.29, 0.717) is 17.9 Å². The molecule has 0 saturated carbocycles. The van der Waals surface area contributed by atoms with Crippen molar-refractivity contribution >= 4 is 32.8 Å². The molecule has 0 bridgehead atoms. The molecule has 0 radical (unpaired) electrons. The molecule has 0 aliphatic heterocycles. The molecule has 0 aliphatic rings. The molecule has 0 aliphatic carbocycles. The topological polar surface area (TPSA) is 64.4 Å². The molecule has 3 rings (SSSR count). The van der Waals surface area contributed by atoms with Crippen LogP contribution < -0.4 is 10.1 Å². The molecular formula is C19H19BrN2O3. The summed E-state index contributed by atoms with van der Waals surface area (Å²) in [6.45, 7) is 6.06. The highest BCUT2D eigenvalue weighted by Crippen LogP contribution is 2.28. The number of rotatable bonds is 4. The molecule has 1 amide bonds. The molecule has 1 N–H and O–H groups in total. The minimum atomic E-state index is -0.259. The van der Waals surface area contributed by atoms with Crippen LogP contribution >= 0.6 is 15.9 Å². The van der Waals surface area contributed by atoms with E-state index in [-0.39, 0.29) is 5.91 Å². The van der Waals surface area contributed by atoms with Crippen LogP contribution in [0.2, 0.25) is 0 Å². The number of hydrogen-bond donors (Lipinski definition) is 1. The molecule has 25 heavy (non-hydrogen) atoms. The zero-order chi connectivity index (χ0) is 18.1. The molecular weight excluding hydrogens is 384 g/mol. The van der Waals surface area contributed by atoms with Crippen LogP contribution in [0.15, 0.2) is 33.3 Å². The van der Waals surface area contributed by atoms with E-state index in [2.05, 4.69) is 26.2 Å². The number of benzene rings is 1. The van der Waals surface area contributed by atoms with Gasteiger partial charge in [0.25, 0.3) is 5.91 Å². The highest BCUT2D eigenvalue weighted by molar-refractivity contribution is 9.10. The lowest BCUT2D eigenvalue weighted by molar-refractivity contribution is 0.0924. The molecule has 0 fully saturated rings. The minimum Gasteiger partial charge on any atom is -0.496 e. The Morgan fingerprint density at radius 1 is 1.28 bits per heavy atom. The number of carbonyl (C=O) groups is 1. The van der Waals surface area contributed by atoms with Gasteiger partial charge in [-0.3, -0.25) is 9.78 Å². The van der Waals surface area contributed by atoms with E-state index in [1.165, 1.54) is 0 Å². The molecule has 0 unspecified atom stereocenters. The number of amides is 1. The Morgan fingerprint density at radius 3 is 2.76 bits per heavy atom. The number of ether oxygens (including phenoxy) is 1. The summed E-state index contributed by atoms with van der Waals surface area (Å²) >= 11 is 3.44. The summed E-state index contributed by atoms with van der Waals surface area (Å²) < 4.78 is 12.1. The number of aryl methyl sites for hydroxylation is 2. The second-order valence-electron chi connectivity index (χ2n) is 5.93. The van der Waals surface area contributed by atoms with Crippen LogP contribution in [0.4, 0.5) is 0 Å². The zero-order valence-electron chi connectivity index (χ0n) is 14.6. The van der Waals surface area contributed by atoms with Crippen LogP contribution in [-0.4, -0.2) is 18.0 Å². The van der Waals surface area contributed by atoms with Gasteiger partial charge >= 0.3 is 0 Å². The molecule has 2 heterocycles. The number of hydrogen-bond acceptors (Lipinski definition) is 4. The van der Waals surface area contributed by atoms with E-state index in [1.807, 2.05) is 39.0 Å². The molecule has 130 valence electrons. The first-order valence-corrected chi connectivity index (χ1v) is 8.67. The smallest absolute Gasteiger partial charge is 0.287 e. The normalized spacial score (nSPS) is 10.9. The Morgan fingerprint density at radius 2 is 2.04 bits per heavy atom. The highest BCUT2D eigenvalue weighted by atomic mass is 79.9. The van der Waals surface area contributed by atoms with Gasteiger partial charge in [-0.25, -0.2) is 0 Å². The Bertz CT molecular complexity index is 963. The van der Waals surface area contributed by atoms with Gasteiger partial charge in [-0.1, -0.05) is 15.9 Å². The predicted molar refractivity (Wildman–Crippen MR) is 100 cm³/mol. The SMILES string of the molecule is COc1c(C)cnc(CNC(=O)c2oc3ccc(Br)cc3c2C)c1C. The van der Waals surface area contributed by atoms with Gasteiger partial charge in [0.05, 0.1) is 19.3 Å². The second-order valence-corrected chi connectivity index (χ2v) is 6.84. The molecule has 0 atom stereocenters. The molecule has 0 saturated heterocycles. The molecule has 1 aromatic carbocycles. The number of pyridine rings is 1. The first kappa shape index (κ1) is 17.5. The Hall–Kier alpha value is -2.34. The van der Waals surface area contributed by atoms with Crippen LogP contribution in [0.1, 0.15) is 32.9 Å². The third kappa shape index (κ3) is 3.26. The third-order valence-electron chi connectivity index (χ3n) is 4.27. The van der Waals surface area contributed by atoms with Gasteiger partial charge < -0.3 is 14.5 Å². The third-order valence-corrected chi connectivity index (χ3v) is 4.76. The van der Waals surface area contributed by atoms with Crippen LogP contribution in [0.3, 0.4) is 0 Å². The summed E-state index contributed by atoms with van der Waals surface area (Å²) in [5.74, 6) is 0.861. The standard InChI is InChI=1S/C19H19BrN2O3/c1-10-8-21-15(12(3)17(10)24-4)9-22-19(23)18-11(2)14-7-13(20)5-6-16(14)25-18/h5-8H,9H2,1-4H3,(H,22,23). The molecule has 0 spiro atoms. The number of halogens is 1. The van der Waals surface area contributed by atoms with Crippen LogP contribution in [-0.2, 0) is 6.54 Å². The number of carbonyl (C=O) groups excluding carboxylic acids is 1. The lowest BCUT2D eigenvalue weighted by Gasteiger charge is -2.12. The summed E-state index contributed by atoms with van der Waals surface area (Å²) in [7, 11) is 1.63. The molecule has 2 aromatic heterocycles. The van der Waals surface area contributed by atoms with Crippen molar-refractivity contribution in [3.8, 4) is 5.75 Å². The Labute approximate surface area is 154 Å². The van der Waals surface area contributed by atoms with Crippen molar-refractivity contribution in [2.75, 3.05) is 7.11 Å². The Balaban J connectivity index is 1.83. The van der Waals surface area contributed by atoms with Gasteiger partial charge in [-0.2, -0.15) is 0 Å². The van der Waals surface area contributed by atoms with Gasteiger partial charge in [-0.15, -0.1) is 0 Å². The molecule has 6 heteroatoms. The molecule has 3 aromatic rings. The van der Waals surface area contributed by atoms with Crippen molar-refractivity contribution in [3.05, 3.63) is 57.0 Å². The highest BCUT2D eigenvalue weighted by Gasteiger charge is 2.18. The van der Waals surface area contributed by atoms with Crippen molar-refractivity contribution < 1.29 is 13.9 Å². The first-order chi connectivity index (χ1) is 11.9. The number of nitrogens with one attached hydrogen (secondary N) is 1. The average Bonchev–Trinajstić information content (AvgIpc) is 2.91. The maximum Gasteiger partial charge on any atom is 0.287 e. The lowest BCUT2D eigenvalue weighted by atomic mass is 10.1. The second kappa shape index (κ2) is 6.88. The van der Waals surface area contributed by atoms with Gasteiger partial charge in [0, 0.05) is 32.7 Å². The van der Waals surface area contributed by atoms with E-state index < -0.39 is 0 Å². The van der Waals surface area contributed by atoms with E-state index in [0.717, 1.165) is 38.0 Å². The van der Waals surface area contributed by atoms with Gasteiger partial charge in [0.15, 0.2) is 5.76 Å². The van der Waals surface area contributed by atoms with Crippen LogP contribution in [0, 0.1) is 20.8 Å². The number of aromatic nitrogens is 1. The summed E-state index contributed by atoms with van der Waals surface area (Å²) in [4.78, 5) is 16.9. The van der Waals surface area contributed by atoms with Crippen molar-refractivity contribution in [2.24, 2.45) is 0 Å². The Kier molecular flexibility index (Phi) is 4.81. The number of nitrogens with zero attached hydrogens (tertiary/aromatic N) is 1. The fraction of sp³-hybridized carbons (Fsp3) is 0.263. The van der Waals surface area contributed by atoms with Crippen molar-refractivity contribution in [1.82, 2.24) is 10.3 Å². The number of furan rings is 1. The van der Waals surface area contributed by atoms with E-state index in [1.54, 1.807) is 13.3 Å². The van der Waals surface area contributed by atoms with E-state index >= 15 is 0 Å². The van der Waals surface area contributed by atoms with Gasteiger partial charge in [0.2, 0.25) is 0 Å². The van der Waals surface area contributed by atoms with Gasteiger partial charge in [-0.05, 0) is 39.0 Å². The maximum atomic E-state index is 12.6. The van der Waals surface area contributed by atoms with Crippen molar-refractivity contribution in [3.63, 3.8) is 0 Å². The predicted octanol–water partition coefficient (Wildman–Crippen LogP) is 4.45. The number of fused-ring (bicyclic) bond motifs is 1. The van der Waals surface area contributed by atoms with E-state index in [9.17, 15) is 4.79 Å². The summed E-state index contributed by atoms with van der Waals surface area (Å²) in [6, 6.07) is 5.68. The monoisotopic (exact) mass is 402 g/mol. The summed E-state index contributed by atoms with van der Waals surface area (Å²) in [6.07, 6.45) is 1.75. The van der Waals surface area contributed by atoms with Crippen LogP contribution in [0.25, 0.3) is 11.0 Å². The average molecular weight is 403 g/mol. The van der Waals surface area contributed by atoms with Gasteiger partial charge in [0.1, 0.15) is 11.3 Å². The summed E-state index contributed by atoms with van der Waals surface area (Å²) in [5, 5.41) is 3.80. The fourth-order valence-electron chi connectivity index (χ4n) is 2.90. The van der Waals surface area contributed by atoms with Crippen molar-refractivity contribution in [1.29, 1.82) is 0 Å². The largest absolute Gasteiger partial charge is 0.496 e. The zero-order valence-corrected chi connectivity index (χ0v) is 16.2. The fourth-order valence-corrected chi connectivity index (χ4v) is 3.26. The van der Waals surface area contributed by atoms with E-state index in [4.69, 9.17) is 9.15 Å². The van der Waals surface area contributed by atoms with Crippen molar-refractivity contribution in [2.45, 2.75) is 27.3 Å². The maximum absolute atomic E-state index is 12.6. The summed E-state index contributed by atoms with van der Waals surface area (Å²) in [5.41, 5.74) is 4.17. The van der Waals surface area contributed by atoms with Crippen LogP contribution in [0.5, 0.6) is 5.75 Å². The first-order valence-electron chi connectivity index (χ1n) is 7.88. The minimum absolute atomic E-state index is 0.259.